The molecule has 0 aliphatic heterocycles. The molecule has 4 nitrogen and oxygen atoms in total. The molecule has 3 aliphatic rings. The predicted molar refractivity (Wildman–Crippen MR) is 82.6 cm³/mol. The standard InChI is InChI=1S/C17H18ClNO3/c18-9-1-3-10(4-2-9)19-15(20)13-11-5-6-12(14(13)16(21)22)17(11)7-8-17/h1-4,11-14H,5-8H2,(H,19,20)(H,21,22). The van der Waals surface area contributed by atoms with E-state index in [9.17, 15) is 14.7 Å². The molecule has 1 aromatic carbocycles. The summed E-state index contributed by atoms with van der Waals surface area (Å²) in [6, 6.07) is 6.93. The van der Waals surface area contributed by atoms with Crippen molar-refractivity contribution in [2.45, 2.75) is 25.7 Å². The lowest BCUT2D eigenvalue weighted by Crippen LogP contribution is -2.37. The number of rotatable bonds is 3. The quantitative estimate of drug-likeness (QED) is 0.897. The van der Waals surface area contributed by atoms with Gasteiger partial charge in [0.1, 0.15) is 0 Å². The first-order valence-electron chi connectivity index (χ1n) is 7.82. The summed E-state index contributed by atoms with van der Waals surface area (Å²) < 4.78 is 0. The first kappa shape index (κ1) is 14.1. The van der Waals surface area contributed by atoms with E-state index in [4.69, 9.17) is 11.6 Å². The number of carboxylic acids is 1. The Morgan fingerprint density at radius 3 is 2.23 bits per heavy atom. The van der Waals surface area contributed by atoms with E-state index in [1.807, 2.05) is 0 Å². The second-order valence-electron chi connectivity index (χ2n) is 6.91. The number of nitrogens with one attached hydrogen (secondary N) is 1. The molecular formula is C17H18ClNO3. The topological polar surface area (TPSA) is 66.4 Å². The fourth-order valence-electron chi connectivity index (χ4n) is 5.10. The van der Waals surface area contributed by atoms with Gasteiger partial charge in [-0.15, -0.1) is 0 Å². The number of benzene rings is 1. The van der Waals surface area contributed by atoms with E-state index < -0.39 is 17.8 Å². The molecule has 1 aromatic rings. The van der Waals surface area contributed by atoms with Crippen molar-refractivity contribution in [3.8, 4) is 0 Å². The van der Waals surface area contributed by atoms with Crippen molar-refractivity contribution in [3.63, 3.8) is 0 Å². The second-order valence-corrected chi connectivity index (χ2v) is 7.35. The van der Waals surface area contributed by atoms with Crippen LogP contribution in [0.3, 0.4) is 0 Å². The minimum absolute atomic E-state index is 0.145. The molecule has 4 rings (SSSR count). The molecule has 5 heteroatoms. The third-order valence-corrected chi connectivity index (χ3v) is 6.30. The second kappa shape index (κ2) is 4.72. The molecule has 1 spiro atoms. The highest BCUT2D eigenvalue weighted by Gasteiger charge is 2.71. The molecular weight excluding hydrogens is 302 g/mol. The van der Waals surface area contributed by atoms with E-state index >= 15 is 0 Å². The van der Waals surface area contributed by atoms with E-state index in [1.54, 1.807) is 24.3 Å². The summed E-state index contributed by atoms with van der Waals surface area (Å²) in [7, 11) is 0. The maximum Gasteiger partial charge on any atom is 0.307 e. The average Bonchev–Trinajstić information content (AvgIpc) is 3.15. The summed E-state index contributed by atoms with van der Waals surface area (Å²) in [5.41, 5.74) is 0.830. The van der Waals surface area contributed by atoms with Crippen LogP contribution in [0.1, 0.15) is 25.7 Å². The fourth-order valence-corrected chi connectivity index (χ4v) is 5.23. The molecule has 1 amide bonds. The van der Waals surface area contributed by atoms with Crippen LogP contribution >= 0.6 is 11.6 Å². The van der Waals surface area contributed by atoms with Crippen LogP contribution in [0.5, 0.6) is 0 Å². The van der Waals surface area contributed by atoms with E-state index in [2.05, 4.69) is 5.32 Å². The van der Waals surface area contributed by atoms with Gasteiger partial charge in [0.05, 0.1) is 11.8 Å². The summed E-state index contributed by atoms with van der Waals surface area (Å²) in [5.74, 6) is -1.44. The van der Waals surface area contributed by atoms with Gasteiger partial charge in [-0.1, -0.05) is 11.6 Å². The van der Waals surface area contributed by atoms with Gasteiger partial charge in [0.25, 0.3) is 0 Å². The molecule has 0 saturated heterocycles. The molecule has 0 aromatic heterocycles. The molecule has 22 heavy (non-hydrogen) atoms. The van der Waals surface area contributed by atoms with Crippen molar-refractivity contribution in [2.24, 2.45) is 29.1 Å². The summed E-state index contributed by atoms with van der Waals surface area (Å²) in [6.45, 7) is 0. The Bertz CT molecular complexity index is 638. The first-order valence-corrected chi connectivity index (χ1v) is 8.20. The first-order chi connectivity index (χ1) is 10.5. The van der Waals surface area contributed by atoms with Crippen molar-refractivity contribution >= 4 is 29.2 Å². The summed E-state index contributed by atoms with van der Waals surface area (Å²) in [4.78, 5) is 24.4. The molecule has 4 unspecified atom stereocenters. The molecule has 116 valence electrons. The van der Waals surface area contributed by atoms with Crippen molar-refractivity contribution in [1.29, 1.82) is 0 Å². The van der Waals surface area contributed by atoms with Crippen molar-refractivity contribution in [1.82, 2.24) is 0 Å². The Morgan fingerprint density at radius 1 is 1.09 bits per heavy atom. The number of hydrogen-bond donors (Lipinski definition) is 2. The Hall–Kier alpha value is -1.55. The summed E-state index contributed by atoms with van der Waals surface area (Å²) >= 11 is 5.85. The van der Waals surface area contributed by atoms with Crippen LogP contribution < -0.4 is 5.32 Å². The monoisotopic (exact) mass is 319 g/mol. The lowest BCUT2D eigenvalue weighted by Gasteiger charge is -2.26. The number of amides is 1. The lowest BCUT2D eigenvalue weighted by atomic mass is 9.78. The number of hydrogen-bond acceptors (Lipinski definition) is 2. The molecule has 3 aliphatic carbocycles. The highest BCUT2D eigenvalue weighted by Crippen LogP contribution is 2.74. The largest absolute Gasteiger partial charge is 0.481 e. The Morgan fingerprint density at radius 2 is 1.68 bits per heavy atom. The van der Waals surface area contributed by atoms with Gasteiger partial charge < -0.3 is 10.4 Å². The minimum atomic E-state index is -0.810. The van der Waals surface area contributed by atoms with E-state index in [1.165, 1.54) is 0 Å². The number of carboxylic acid groups (broad SMARTS) is 1. The van der Waals surface area contributed by atoms with Crippen LogP contribution in [0.4, 0.5) is 5.69 Å². The van der Waals surface area contributed by atoms with E-state index in [-0.39, 0.29) is 23.2 Å². The Labute approximate surface area is 133 Å². The number of carbonyl (C=O) groups excluding carboxylic acids is 1. The van der Waals surface area contributed by atoms with Gasteiger partial charge in [0.2, 0.25) is 5.91 Å². The molecule has 0 heterocycles. The molecule has 4 atom stereocenters. The smallest absolute Gasteiger partial charge is 0.307 e. The third-order valence-electron chi connectivity index (χ3n) is 6.05. The SMILES string of the molecule is O=C(O)C1C(C(=O)Nc2ccc(Cl)cc2)C2CCC1C21CC1. The van der Waals surface area contributed by atoms with Crippen LogP contribution in [-0.2, 0) is 9.59 Å². The van der Waals surface area contributed by atoms with Crippen LogP contribution in [0.25, 0.3) is 0 Å². The van der Waals surface area contributed by atoms with Crippen molar-refractivity contribution in [3.05, 3.63) is 29.3 Å². The lowest BCUT2D eigenvalue weighted by molar-refractivity contribution is -0.148. The minimum Gasteiger partial charge on any atom is -0.481 e. The number of aliphatic carboxylic acids is 1. The maximum atomic E-state index is 12.7. The highest BCUT2D eigenvalue weighted by atomic mass is 35.5. The average molecular weight is 320 g/mol. The fraction of sp³-hybridized carbons (Fsp3) is 0.529. The normalized spacial score (nSPS) is 33.9. The van der Waals surface area contributed by atoms with Crippen molar-refractivity contribution in [2.75, 3.05) is 5.32 Å². The zero-order valence-corrected chi connectivity index (χ0v) is 12.8. The van der Waals surface area contributed by atoms with Crippen LogP contribution in [0.15, 0.2) is 24.3 Å². The Balaban J connectivity index is 1.59. The summed E-state index contributed by atoms with van der Waals surface area (Å²) in [5, 5.41) is 13.1. The van der Waals surface area contributed by atoms with Gasteiger partial charge >= 0.3 is 5.97 Å². The van der Waals surface area contributed by atoms with Crippen LogP contribution in [0, 0.1) is 29.1 Å². The third kappa shape index (κ3) is 1.89. The number of halogens is 1. The van der Waals surface area contributed by atoms with Crippen LogP contribution in [-0.4, -0.2) is 17.0 Å². The number of carbonyl (C=O) groups is 2. The summed E-state index contributed by atoms with van der Waals surface area (Å²) in [6.07, 6.45) is 4.15. The molecule has 3 fully saturated rings. The molecule has 2 N–H and O–H groups in total. The highest BCUT2D eigenvalue weighted by molar-refractivity contribution is 6.30. The Kier molecular flexibility index (Phi) is 3.02. The maximum absolute atomic E-state index is 12.7. The molecule has 2 bridgehead atoms. The van der Waals surface area contributed by atoms with Gasteiger partial charge in [0.15, 0.2) is 0 Å². The zero-order chi connectivity index (χ0) is 15.5. The van der Waals surface area contributed by atoms with Gasteiger partial charge in [-0.3, -0.25) is 9.59 Å². The molecule has 0 radical (unpaired) electrons. The van der Waals surface area contributed by atoms with Crippen LogP contribution in [0.2, 0.25) is 5.02 Å². The predicted octanol–water partition coefficient (Wildman–Crippen LogP) is 3.42. The van der Waals surface area contributed by atoms with Gasteiger partial charge in [0, 0.05) is 10.7 Å². The molecule has 3 saturated carbocycles. The van der Waals surface area contributed by atoms with Gasteiger partial charge in [-0.2, -0.15) is 0 Å². The van der Waals surface area contributed by atoms with E-state index in [0.29, 0.717) is 10.7 Å². The van der Waals surface area contributed by atoms with Crippen molar-refractivity contribution < 1.29 is 14.7 Å². The zero-order valence-electron chi connectivity index (χ0n) is 12.1. The van der Waals surface area contributed by atoms with Gasteiger partial charge in [-0.05, 0) is 67.2 Å². The number of anilines is 1. The van der Waals surface area contributed by atoms with Gasteiger partial charge in [-0.25, -0.2) is 0 Å². The van der Waals surface area contributed by atoms with E-state index in [0.717, 1.165) is 25.7 Å².